The van der Waals surface area contributed by atoms with Gasteiger partial charge in [0.2, 0.25) is 0 Å². The van der Waals surface area contributed by atoms with E-state index >= 15 is 0 Å². The molecule has 0 atom stereocenters. The number of halogens is 1. The first-order valence-corrected chi connectivity index (χ1v) is 12.0. The van der Waals surface area contributed by atoms with Gasteiger partial charge in [-0.2, -0.15) is 0 Å². The van der Waals surface area contributed by atoms with Crippen molar-refractivity contribution < 1.29 is 13.5 Å². The normalized spacial score (nSPS) is 11.3. The van der Waals surface area contributed by atoms with Gasteiger partial charge < -0.3 is 9.15 Å². The topological polar surface area (TPSA) is 39.4 Å². The fourth-order valence-electron chi connectivity index (χ4n) is 3.83. The molecule has 0 radical (unpaired) electrons. The average molecular weight is 419 g/mol. The Bertz CT molecular complexity index is 797. The Hall–Kier alpha value is -1.84. The number of hydrogen-bond donors (Lipinski definition) is 0. The zero-order valence-electron chi connectivity index (χ0n) is 18.9. The van der Waals surface area contributed by atoms with Gasteiger partial charge in [-0.25, -0.2) is 9.18 Å². The summed E-state index contributed by atoms with van der Waals surface area (Å²) in [6.07, 6.45) is 16.2. The summed E-state index contributed by atoms with van der Waals surface area (Å²) >= 11 is 0. The zero-order valence-corrected chi connectivity index (χ0v) is 18.9. The van der Waals surface area contributed by atoms with Crippen molar-refractivity contribution in [3.63, 3.8) is 0 Å². The van der Waals surface area contributed by atoms with E-state index in [1.165, 1.54) is 44.9 Å². The molecule has 0 spiro atoms. The Morgan fingerprint density at radius 1 is 0.833 bits per heavy atom. The first-order valence-electron chi connectivity index (χ1n) is 12.0. The third-order valence-electron chi connectivity index (χ3n) is 5.67. The van der Waals surface area contributed by atoms with E-state index in [2.05, 4.69) is 13.8 Å². The van der Waals surface area contributed by atoms with Crippen molar-refractivity contribution in [2.75, 3.05) is 6.61 Å². The van der Waals surface area contributed by atoms with Crippen molar-refractivity contribution in [1.82, 2.24) is 0 Å². The maximum atomic E-state index is 14.8. The molecule has 0 saturated carbocycles. The van der Waals surface area contributed by atoms with Gasteiger partial charge in [-0.15, -0.1) is 0 Å². The second-order valence-corrected chi connectivity index (χ2v) is 8.33. The van der Waals surface area contributed by atoms with Gasteiger partial charge in [-0.05, 0) is 30.4 Å². The van der Waals surface area contributed by atoms with Crippen LogP contribution in [0.15, 0.2) is 27.4 Å². The first-order chi connectivity index (χ1) is 14.7. The minimum Gasteiger partial charge on any atom is -0.490 e. The molecular formula is C26H39FO3. The van der Waals surface area contributed by atoms with Gasteiger partial charge >= 0.3 is 5.63 Å². The molecule has 0 aliphatic heterocycles. The number of rotatable bonds is 16. The molecule has 0 aliphatic rings. The largest absolute Gasteiger partial charge is 0.490 e. The number of fused-ring (bicyclic) bond motifs is 1. The SMILES string of the molecule is CCCCCCCCCCCc1cc2ccc(OCCCCCC)c(F)c2c(=O)o1. The molecule has 0 saturated heterocycles. The van der Waals surface area contributed by atoms with Crippen molar-refractivity contribution in [2.45, 2.75) is 104 Å². The van der Waals surface area contributed by atoms with E-state index in [-0.39, 0.29) is 11.1 Å². The molecule has 30 heavy (non-hydrogen) atoms. The summed E-state index contributed by atoms with van der Waals surface area (Å²) in [5, 5.41) is 0.588. The minimum atomic E-state index is -0.605. The van der Waals surface area contributed by atoms with E-state index in [9.17, 15) is 9.18 Å². The molecule has 0 N–H and O–H groups in total. The lowest BCUT2D eigenvalue weighted by atomic mass is 10.1. The van der Waals surface area contributed by atoms with Crippen LogP contribution in [0, 0.1) is 5.82 Å². The lowest BCUT2D eigenvalue weighted by Gasteiger charge is -2.09. The maximum absolute atomic E-state index is 14.8. The number of unbranched alkanes of at least 4 members (excludes halogenated alkanes) is 11. The third kappa shape index (κ3) is 8.12. The van der Waals surface area contributed by atoms with Gasteiger partial charge in [0, 0.05) is 6.42 Å². The number of ether oxygens (including phenoxy) is 1. The van der Waals surface area contributed by atoms with Crippen LogP contribution in [0.5, 0.6) is 5.75 Å². The molecule has 0 fully saturated rings. The minimum absolute atomic E-state index is 0.00288. The molecule has 0 amide bonds. The predicted molar refractivity (Wildman–Crippen MR) is 123 cm³/mol. The van der Waals surface area contributed by atoms with E-state index in [0.717, 1.165) is 44.9 Å². The summed E-state index contributed by atoms with van der Waals surface area (Å²) in [6, 6.07) is 5.19. The zero-order chi connectivity index (χ0) is 21.6. The van der Waals surface area contributed by atoms with Gasteiger partial charge in [0.1, 0.15) is 11.1 Å². The van der Waals surface area contributed by atoms with Crippen molar-refractivity contribution in [3.05, 3.63) is 40.2 Å². The molecule has 0 aliphatic carbocycles. The van der Waals surface area contributed by atoms with E-state index in [1.54, 1.807) is 18.2 Å². The van der Waals surface area contributed by atoms with E-state index in [1.807, 2.05) is 0 Å². The number of aryl methyl sites for hydroxylation is 1. The van der Waals surface area contributed by atoms with Crippen LogP contribution >= 0.6 is 0 Å². The van der Waals surface area contributed by atoms with Gasteiger partial charge in [-0.1, -0.05) is 90.5 Å². The molecule has 0 unspecified atom stereocenters. The van der Waals surface area contributed by atoms with Crippen LogP contribution in [0.3, 0.4) is 0 Å². The fourth-order valence-corrected chi connectivity index (χ4v) is 3.83. The molecule has 2 rings (SSSR count). The van der Waals surface area contributed by atoms with Gasteiger partial charge in [0.25, 0.3) is 0 Å². The number of hydrogen-bond acceptors (Lipinski definition) is 3. The quantitative estimate of drug-likeness (QED) is 0.260. The summed E-state index contributed by atoms with van der Waals surface area (Å²) in [5.41, 5.74) is -0.604. The highest BCUT2D eigenvalue weighted by atomic mass is 19.1. The molecule has 1 heterocycles. The van der Waals surface area contributed by atoms with E-state index < -0.39 is 11.4 Å². The first kappa shape index (κ1) is 24.4. The van der Waals surface area contributed by atoms with Crippen LogP contribution < -0.4 is 10.4 Å². The molecule has 0 bridgehead atoms. The Labute approximate surface area is 181 Å². The molecule has 2 aromatic rings. The van der Waals surface area contributed by atoms with Crippen LogP contribution in [0.25, 0.3) is 10.8 Å². The standard InChI is InChI=1S/C26H39FO3/c1-3-5-7-9-10-11-12-13-14-16-22-20-21-17-18-23(29-19-15-8-6-4-2)25(27)24(21)26(28)30-22/h17-18,20H,3-16,19H2,1-2H3. The van der Waals surface area contributed by atoms with Crippen LogP contribution in [0.1, 0.15) is 103 Å². The summed E-state index contributed by atoms with van der Waals surface area (Å²) in [7, 11) is 0. The Kier molecular flexibility index (Phi) is 11.6. The highest BCUT2D eigenvalue weighted by molar-refractivity contribution is 5.83. The van der Waals surface area contributed by atoms with Gasteiger partial charge in [-0.3, -0.25) is 0 Å². The smallest absolute Gasteiger partial charge is 0.346 e. The maximum Gasteiger partial charge on any atom is 0.346 e. The molecule has 1 aromatic heterocycles. The average Bonchev–Trinajstić information content (AvgIpc) is 2.73. The van der Waals surface area contributed by atoms with Crippen molar-refractivity contribution >= 4 is 10.8 Å². The highest BCUT2D eigenvalue weighted by Crippen LogP contribution is 2.25. The lowest BCUT2D eigenvalue weighted by Crippen LogP contribution is -2.07. The summed E-state index contributed by atoms with van der Waals surface area (Å²) in [4.78, 5) is 12.4. The third-order valence-corrected chi connectivity index (χ3v) is 5.67. The summed E-state index contributed by atoms with van der Waals surface area (Å²) in [5.74, 6) is 0.174. The van der Waals surface area contributed by atoms with E-state index in [4.69, 9.17) is 9.15 Å². The van der Waals surface area contributed by atoms with Gasteiger partial charge in [0.05, 0.1) is 6.61 Å². The molecular weight excluding hydrogens is 379 g/mol. The van der Waals surface area contributed by atoms with Crippen LogP contribution in [-0.2, 0) is 6.42 Å². The van der Waals surface area contributed by atoms with Crippen molar-refractivity contribution in [2.24, 2.45) is 0 Å². The van der Waals surface area contributed by atoms with Crippen molar-refractivity contribution in [3.8, 4) is 5.75 Å². The van der Waals surface area contributed by atoms with Gasteiger partial charge in [0.15, 0.2) is 11.6 Å². The summed E-state index contributed by atoms with van der Waals surface area (Å²) in [6.45, 7) is 4.85. The van der Waals surface area contributed by atoms with E-state index in [0.29, 0.717) is 17.8 Å². The highest BCUT2D eigenvalue weighted by Gasteiger charge is 2.14. The molecule has 168 valence electrons. The van der Waals surface area contributed by atoms with Crippen LogP contribution in [0.2, 0.25) is 0 Å². The molecule has 3 nitrogen and oxygen atoms in total. The Morgan fingerprint density at radius 2 is 1.43 bits per heavy atom. The van der Waals surface area contributed by atoms with Crippen molar-refractivity contribution in [1.29, 1.82) is 0 Å². The predicted octanol–water partition coefficient (Wildman–Crippen LogP) is 7.96. The second kappa shape index (κ2) is 14.2. The molecule has 4 heteroatoms. The van der Waals surface area contributed by atoms with Crippen LogP contribution in [0.4, 0.5) is 4.39 Å². The second-order valence-electron chi connectivity index (χ2n) is 8.33. The van der Waals surface area contributed by atoms with Crippen LogP contribution in [-0.4, -0.2) is 6.61 Å². The summed E-state index contributed by atoms with van der Waals surface area (Å²) < 4.78 is 25.7. The fraction of sp³-hybridized carbons (Fsp3) is 0.654. The molecule has 1 aromatic carbocycles. The number of benzene rings is 1. The Balaban J connectivity index is 1.83. The lowest BCUT2D eigenvalue weighted by molar-refractivity contribution is 0.291. The Morgan fingerprint density at radius 3 is 2.10 bits per heavy atom. The monoisotopic (exact) mass is 418 g/mol.